The molecule has 0 spiro atoms. The Bertz CT molecular complexity index is 625. The molecule has 6 nitrogen and oxygen atoms in total. The monoisotopic (exact) mass is 303 g/mol. The smallest absolute Gasteiger partial charge is 0.269 e. The number of para-hydroxylation sites is 1. The van der Waals surface area contributed by atoms with Gasteiger partial charge in [0.2, 0.25) is 0 Å². The van der Waals surface area contributed by atoms with Crippen molar-refractivity contribution in [3.63, 3.8) is 0 Å². The summed E-state index contributed by atoms with van der Waals surface area (Å²) >= 11 is 0. The summed E-state index contributed by atoms with van der Waals surface area (Å²) < 4.78 is 0. The first-order valence-corrected chi connectivity index (χ1v) is 7.41. The standard InChI is InChI=1S/C16H21N3O3/c1-2-3-6-11(10-20)17-16(22)14-9-13(18-19-14)12-7-4-5-8-15(12)21/h4-5,7-9,11,20-21H,2-3,6,10H2,1H3,(H,17,22)(H,18,19). The van der Waals surface area contributed by atoms with Crippen LogP contribution in [0, 0.1) is 0 Å². The topological polar surface area (TPSA) is 98.2 Å². The molecule has 0 saturated carbocycles. The number of aromatic nitrogens is 2. The Hall–Kier alpha value is -2.34. The maximum absolute atomic E-state index is 12.2. The molecular weight excluding hydrogens is 282 g/mol. The van der Waals surface area contributed by atoms with Gasteiger partial charge in [0, 0.05) is 5.56 Å². The first-order valence-electron chi connectivity index (χ1n) is 7.41. The van der Waals surface area contributed by atoms with Crippen LogP contribution in [0.15, 0.2) is 30.3 Å². The quantitative estimate of drug-likeness (QED) is 0.629. The van der Waals surface area contributed by atoms with E-state index in [0.717, 1.165) is 19.3 Å². The van der Waals surface area contributed by atoms with E-state index in [2.05, 4.69) is 22.4 Å². The van der Waals surface area contributed by atoms with Crippen LogP contribution in [-0.4, -0.2) is 39.0 Å². The first-order chi connectivity index (χ1) is 10.7. The Labute approximate surface area is 129 Å². The summed E-state index contributed by atoms with van der Waals surface area (Å²) in [7, 11) is 0. The summed E-state index contributed by atoms with van der Waals surface area (Å²) in [4.78, 5) is 12.2. The second kappa shape index (κ2) is 7.61. The molecule has 1 amide bonds. The largest absolute Gasteiger partial charge is 0.507 e. The van der Waals surface area contributed by atoms with Crippen LogP contribution in [0.2, 0.25) is 0 Å². The van der Waals surface area contributed by atoms with Crippen LogP contribution in [0.3, 0.4) is 0 Å². The van der Waals surface area contributed by atoms with Crippen molar-refractivity contribution >= 4 is 5.91 Å². The van der Waals surface area contributed by atoms with Crippen LogP contribution >= 0.6 is 0 Å². The van der Waals surface area contributed by atoms with Gasteiger partial charge in [-0.15, -0.1) is 0 Å². The van der Waals surface area contributed by atoms with Gasteiger partial charge in [-0.25, -0.2) is 0 Å². The molecular formula is C16H21N3O3. The molecule has 0 aliphatic heterocycles. The van der Waals surface area contributed by atoms with Crippen LogP contribution in [-0.2, 0) is 0 Å². The molecule has 6 heteroatoms. The van der Waals surface area contributed by atoms with Crippen molar-refractivity contribution in [3.8, 4) is 17.0 Å². The number of aliphatic hydroxyl groups excluding tert-OH is 1. The highest BCUT2D eigenvalue weighted by molar-refractivity contribution is 5.93. The molecule has 0 saturated heterocycles. The molecule has 2 aromatic rings. The average molecular weight is 303 g/mol. The Morgan fingerprint density at radius 3 is 2.86 bits per heavy atom. The van der Waals surface area contributed by atoms with Crippen LogP contribution in [0.25, 0.3) is 11.3 Å². The van der Waals surface area contributed by atoms with E-state index in [1.54, 1.807) is 30.3 Å². The number of phenols is 1. The number of nitrogens with zero attached hydrogens (tertiary/aromatic N) is 1. The molecule has 1 aromatic carbocycles. The Morgan fingerprint density at radius 1 is 1.41 bits per heavy atom. The van der Waals surface area contributed by atoms with E-state index in [4.69, 9.17) is 0 Å². The number of amides is 1. The summed E-state index contributed by atoms with van der Waals surface area (Å²) in [5, 5.41) is 28.6. The number of rotatable bonds is 7. The van der Waals surface area contributed by atoms with E-state index in [0.29, 0.717) is 17.0 Å². The predicted octanol–water partition coefficient (Wildman–Crippen LogP) is 2.06. The Morgan fingerprint density at radius 2 is 2.18 bits per heavy atom. The highest BCUT2D eigenvalue weighted by Crippen LogP contribution is 2.27. The summed E-state index contributed by atoms with van der Waals surface area (Å²) in [6.45, 7) is 1.97. The van der Waals surface area contributed by atoms with E-state index in [1.165, 1.54) is 0 Å². The van der Waals surface area contributed by atoms with E-state index in [1.807, 2.05) is 0 Å². The summed E-state index contributed by atoms with van der Waals surface area (Å²) in [5.41, 5.74) is 1.35. The molecule has 0 aliphatic carbocycles. The lowest BCUT2D eigenvalue weighted by Gasteiger charge is -2.14. The summed E-state index contributed by atoms with van der Waals surface area (Å²) in [5.74, 6) is -0.207. The lowest BCUT2D eigenvalue weighted by molar-refractivity contribution is 0.0907. The fraction of sp³-hybridized carbons (Fsp3) is 0.375. The van der Waals surface area contributed by atoms with Crippen LogP contribution in [0.4, 0.5) is 0 Å². The average Bonchev–Trinajstić information content (AvgIpc) is 3.01. The molecule has 1 aromatic heterocycles. The van der Waals surface area contributed by atoms with Crippen molar-refractivity contribution in [2.75, 3.05) is 6.61 Å². The number of carbonyl (C=O) groups excluding carboxylic acids is 1. The van der Waals surface area contributed by atoms with Crippen molar-refractivity contribution in [1.29, 1.82) is 0 Å². The molecule has 0 aliphatic rings. The normalized spacial score (nSPS) is 12.1. The molecule has 4 N–H and O–H groups in total. The van der Waals surface area contributed by atoms with Gasteiger partial charge in [0.1, 0.15) is 11.4 Å². The van der Waals surface area contributed by atoms with Crippen LogP contribution in [0.1, 0.15) is 36.7 Å². The zero-order valence-corrected chi connectivity index (χ0v) is 12.5. The van der Waals surface area contributed by atoms with Gasteiger partial charge in [-0.05, 0) is 24.6 Å². The van der Waals surface area contributed by atoms with Gasteiger partial charge in [-0.2, -0.15) is 5.10 Å². The van der Waals surface area contributed by atoms with Gasteiger partial charge < -0.3 is 15.5 Å². The zero-order chi connectivity index (χ0) is 15.9. The number of benzene rings is 1. The third-order valence-electron chi connectivity index (χ3n) is 3.46. The SMILES string of the molecule is CCCCC(CO)NC(=O)c1cc(-c2ccccc2O)n[nH]1. The number of hydrogen-bond donors (Lipinski definition) is 4. The molecule has 118 valence electrons. The Balaban J connectivity index is 2.07. The Kier molecular flexibility index (Phi) is 5.55. The summed E-state index contributed by atoms with van der Waals surface area (Å²) in [6, 6.07) is 8.12. The van der Waals surface area contributed by atoms with E-state index >= 15 is 0 Å². The third-order valence-corrected chi connectivity index (χ3v) is 3.46. The van der Waals surface area contributed by atoms with Gasteiger partial charge in [0.25, 0.3) is 5.91 Å². The van der Waals surface area contributed by atoms with Gasteiger partial charge in [-0.3, -0.25) is 9.89 Å². The predicted molar refractivity (Wildman–Crippen MR) is 83.6 cm³/mol. The number of phenolic OH excluding ortho intramolecular Hbond substituents is 1. The zero-order valence-electron chi connectivity index (χ0n) is 12.5. The molecule has 0 fully saturated rings. The lowest BCUT2D eigenvalue weighted by Crippen LogP contribution is -2.37. The number of carbonyl (C=O) groups is 1. The molecule has 2 rings (SSSR count). The number of H-pyrrole nitrogens is 1. The number of unbranched alkanes of at least 4 members (excludes halogenated alkanes) is 1. The maximum Gasteiger partial charge on any atom is 0.269 e. The number of nitrogens with one attached hydrogen (secondary N) is 2. The summed E-state index contributed by atoms with van der Waals surface area (Å²) in [6.07, 6.45) is 2.69. The van der Waals surface area contributed by atoms with Crippen molar-refractivity contribution in [2.24, 2.45) is 0 Å². The van der Waals surface area contributed by atoms with E-state index < -0.39 is 0 Å². The lowest BCUT2D eigenvalue weighted by atomic mass is 10.1. The van der Waals surface area contributed by atoms with Crippen molar-refractivity contribution < 1.29 is 15.0 Å². The van der Waals surface area contributed by atoms with E-state index in [9.17, 15) is 15.0 Å². The fourth-order valence-corrected chi connectivity index (χ4v) is 2.19. The second-order valence-corrected chi connectivity index (χ2v) is 5.18. The van der Waals surface area contributed by atoms with Crippen LogP contribution in [0.5, 0.6) is 5.75 Å². The molecule has 1 unspecified atom stereocenters. The number of aromatic amines is 1. The molecule has 1 heterocycles. The van der Waals surface area contributed by atoms with Gasteiger partial charge in [-0.1, -0.05) is 31.9 Å². The molecule has 0 radical (unpaired) electrons. The molecule has 1 atom stereocenters. The van der Waals surface area contributed by atoms with Crippen LogP contribution < -0.4 is 5.32 Å². The van der Waals surface area contributed by atoms with Crippen molar-refractivity contribution in [2.45, 2.75) is 32.2 Å². The number of aromatic hydroxyl groups is 1. The maximum atomic E-state index is 12.2. The fourth-order valence-electron chi connectivity index (χ4n) is 2.19. The third kappa shape index (κ3) is 3.85. The highest BCUT2D eigenvalue weighted by Gasteiger charge is 2.16. The minimum Gasteiger partial charge on any atom is -0.507 e. The van der Waals surface area contributed by atoms with Crippen molar-refractivity contribution in [3.05, 3.63) is 36.0 Å². The highest BCUT2D eigenvalue weighted by atomic mass is 16.3. The first kappa shape index (κ1) is 16.0. The molecule has 22 heavy (non-hydrogen) atoms. The minimum absolute atomic E-state index is 0.0911. The molecule has 0 bridgehead atoms. The van der Waals surface area contributed by atoms with Gasteiger partial charge in [0.05, 0.1) is 18.3 Å². The second-order valence-electron chi connectivity index (χ2n) is 5.18. The minimum atomic E-state index is -0.315. The number of aliphatic hydroxyl groups is 1. The van der Waals surface area contributed by atoms with E-state index in [-0.39, 0.29) is 24.3 Å². The van der Waals surface area contributed by atoms with Crippen molar-refractivity contribution in [1.82, 2.24) is 15.5 Å². The van der Waals surface area contributed by atoms with Gasteiger partial charge >= 0.3 is 0 Å². The van der Waals surface area contributed by atoms with Gasteiger partial charge in [0.15, 0.2) is 0 Å². The number of hydrogen-bond acceptors (Lipinski definition) is 4.